The van der Waals surface area contributed by atoms with Crippen molar-refractivity contribution in [3.8, 4) is 23.0 Å². The number of phenolic OH excluding ortho intramolecular Hbond substituents is 1. The zero-order chi connectivity index (χ0) is 61.5. The second kappa shape index (κ2) is 31.1. The molecule has 0 aliphatic carbocycles. The van der Waals surface area contributed by atoms with Crippen molar-refractivity contribution in [2.45, 2.75) is 157 Å². The van der Waals surface area contributed by atoms with Crippen LogP contribution in [0, 0.1) is 36.3 Å². The topological polar surface area (TPSA) is 159 Å². The van der Waals surface area contributed by atoms with E-state index in [1.165, 1.54) is 68.7 Å². The van der Waals surface area contributed by atoms with Crippen LogP contribution in [0.1, 0.15) is 158 Å². The van der Waals surface area contributed by atoms with Gasteiger partial charge in [-0.25, -0.2) is 8.78 Å². The number of ether oxygens (including phenoxy) is 2. The molecule has 85 heavy (non-hydrogen) atoms. The quantitative estimate of drug-likeness (QED) is 0.0861. The number of aromatic nitrogens is 3. The highest BCUT2D eigenvalue weighted by molar-refractivity contribution is 6.02. The molecule has 4 unspecified atom stereocenters. The number of aromatic hydroxyl groups is 1. The summed E-state index contributed by atoms with van der Waals surface area (Å²) >= 11 is 0. The number of phenols is 1. The molecule has 0 bridgehead atoms. The largest absolute Gasteiger partial charge is 0.508 e. The SMILES string of the molecule is CC(=O)CCC(C)C(=O)C(C)C.CCC(=O)N(C)c1cc(C2CCN(Cc3ccc(C=O)cc3)CC2)ccc1C.CCc1c(F)ccc2cc(O)cc(-c3ncc4c(N5CCCC(C)C5)nc(OC)nc4c3F)c12.COCC1CCC2CCCN21. The summed E-state index contributed by atoms with van der Waals surface area (Å²) in [7, 11) is 5.13. The summed E-state index contributed by atoms with van der Waals surface area (Å²) in [5.41, 5.74) is 6.32. The fourth-order valence-electron chi connectivity index (χ4n) is 12.7. The standard InChI is InChI=1S/C26H26F2N4O2.C24H30N2O2.C10H18O2.C9H17NO/c1-4-17-20(27)8-7-15-10-16(33)11-18(21(15)17)23-22(28)24-19(12-29-23)25(31-26(30-24)34-3)32-9-5-6-14(2)13-32;1-4-24(28)25(3)23-15-22(10-5-18(23)2)21-11-13-26(14-12-21)16-19-6-8-20(17-27)9-7-19;1-7(2)10(12)8(3)5-6-9(4)11;1-11-7-9-5-4-8-3-2-6-10(8)9/h7-8,10-12,14,33H,4-6,9,13H2,1-3H3;5-10,15,17,21H,4,11-14,16H2,1-3H3;7-8H,5-6H2,1-4H3;8-9H,2-7H2,1H3. The van der Waals surface area contributed by atoms with Gasteiger partial charge >= 0.3 is 6.01 Å². The molecule has 1 N–H and O–H groups in total. The molecule has 4 saturated heterocycles. The van der Waals surface area contributed by atoms with Crippen molar-refractivity contribution in [3.05, 3.63) is 112 Å². The van der Waals surface area contributed by atoms with Gasteiger partial charge in [0.05, 0.1) is 19.1 Å². The van der Waals surface area contributed by atoms with Gasteiger partial charge in [-0.05, 0) is 167 Å². The zero-order valence-corrected chi connectivity index (χ0v) is 52.2. The van der Waals surface area contributed by atoms with Gasteiger partial charge in [-0.15, -0.1) is 0 Å². The molecule has 4 aliphatic heterocycles. The Morgan fingerprint density at radius 3 is 2.26 bits per heavy atom. The first-order valence-corrected chi connectivity index (χ1v) is 30.8. The lowest BCUT2D eigenvalue weighted by Crippen LogP contribution is -2.35. The Labute approximate surface area is 502 Å². The molecule has 4 atom stereocenters. The number of carbonyl (C=O) groups is 4. The molecule has 16 heteroatoms. The molecule has 0 spiro atoms. The normalized spacial score (nSPS) is 18.4. The van der Waals surface area contributed by atoms with Crippen molar-refractivity contribution in [2.24, 2.45) is 17.8 Å². The lowest BCUT2D eigenvalue weighted by atomic mass is 9.88. The van der Waals surface area contributed by atoms with E-state index in [-0.39, 0.29) is 58.1 Å². The number of amides is 1. The maximum atomic E-state index is 16.1. The Morgan fingerprint density at radius 2 is 1.61 bits per heavy atom. The minimum Gasteiger partial charge on any atom is -0.508 e. The van der Waals surface area contributed by atoms with Crippen LogP contribution >= 0.6 is 0 Å². The van der Waals surface area contributed by atoms with Crippen LogP contribution in [-0.2, 0) is 32.1 Å². The lowest BCUT2D eigenvalue weighted by molar-refractivity contribution is -0.125. The molecule has 2 aromatic heterocycles. The number of rotatable bonds is 17. The maximum absolute atomic E-state index is 16.1. The molecule has 0 radical (unpaired) electrons. The molecular formula is C69H91F2N7O7. The Morgan fingerprint density at radius 1 is 0.882 bits per heavy atom. The van der Waals surface area contributed by atoms with Gasteiger partial charge in [0, 0.05) is 93.6 Å². The number of halogens is 2. The second-order valence-electron chi connectivity index (χ2n) is 24.1. The number of pyridine rings is 1. The number of anilines is 2. The highest BCUT2D eigenvalue weighted by Crippen LogP contribution is 2.40. The number of nitrogens with zero attached hydrogens (tertiary/aromatic N) is 7. The van der Waals surface area contributed by atoms with Crippen molar-refractivity contribution in [1.29, 1.82) is 0 Å². The van der Waals surface area contributed by atoms with Crippen molar-refractivity contribution in [3.63, 3.8) is 0 Å². The first-order chi connectivity index (χ1) is 40.8. The molecule has 458 valence electrons. The summed E-state index contributed by atoms with van der Waals surface area (Å²) < 4.78 is 41.2. The number of aldehydes is 1. The van der Waals surface area contributed by atoms with Gasteiger partial charge in [-0.3, -0.25) is 29.2 Å². The predicted octanol–water partition coefficient (Wildman–Crippen LogP) is 13.7. The molecular weight excluding hydrogens is 1080 g/mol. The summed E-state index contributed by atoms with van der Waals surface area (Å²) in [6.45, 7) is 22.2. The molecule has 6 aromatic rings. The van der Waals surface area contributed by atoms with E-state index in [2.05, 4.69) is 61.7 Å². The monoisotopic (exact) mass is 1170 g/mol. The average Bonchev–Trinajstić information content (AvgIpc) is 3.78. The summed E-state index contributed by atoms with van der Waals surface area (Å²) in [6.07, 6.45) is 14.6. The van der Waals surface area contributed by atoms with Crippen LogP contribution in [0.15, 0.2) is 72.9 Å². The van der Waals surface area contributed by atoms with Crippen LogP contribution in [-0.4, -0.2) is 126 Å². The summed E-state index contributed by atoms with van der Waals surface area (Å²) in [4.78, 5) is 67.2. The Kier molecular flexibility index (Phi) is 24.0. The smallest absolute Gasteiger partial charge is 0.318 e. The van der Waals surface area contributed by atoms with Crippen molar-refractivity contribution < 1.29 is 42.5 Å². The third-order valence-electron chi connectivity index (χ3n) is 17.5. The van der Waals surface area contributed by atoms with Crippen LogP contribution in [0.25, 0.3) is 32.9 Å². The molecule has 1 amide bonds. The third-order valence-corrected chi connectivity index (χ3v) is 17.5. The van der Waals surface area contributed by atoms with E-state index in [4.69, 9.17) is 9.47 Å². The number of Topliss-reactive ketones (excluding diaryl/α,β-unsaturated/α-hetero) is 2. The Balaban J connectivity index is 0.000000180. The summed E-state index contributed by atoms with van der Waals surface area (Å²) in [6, 6.07) is 22.1. The van der Waals surface area contributed by atoms with Gasteiger partial charge in [-0.1, -0.05) is 84.0 Å². The number of fused-ring (bicyclic) bond motifs is 3. The first-order valence-electron chi connectivity index (χ1n) is 30.8. The molecule has 4 aromatic carbocycles. The fourth-order valence-corrected chi connectivity index (χ4v) is 12.7. The van der Waals surface area contributed by atoms with Crippen LogP contribution < -0.4 is 14.5 Å². The summed E-state index contributed by atoms with van der Waals surface area (Å²) in [5, 5.41) is 12.0. The number of ketones is 2. The maximum Gasteiger partial charge on any atom is 0.318 e. The van der Waals surface area contributed by atoms with E-state index >= 15 is 4.39 Å². The predicted molar refractivity (Wildman–Crippen MR) is 336 cm³/mol. The Hall–Kier alpha value is -6.75. The minimum absolute atomic E-state index is 0.00702. The number of piperidine rings is 2. The van der Waals surface area contributed by atoms with Gasteiger partial charge < -0.3 is 29.2 Å². The number of carbonyl (C=O) groups excluding carboxylic acids is 4. The number of aryl methyl sites for hydroxylation is 2. The van der Waals surface area contributed by atoms with Crippen molar-refractivity contribution >= 4 is 56.9 Å². The van der Waals surface area contributed by atoms with Crippen LogP contribution in [0.5, 0.6) is 11.8 Å². The Bertz CT molecular complexity index is 3240. The van der Waals surface area contributed by atoms with Crippen LogP contribution in [0.4, 0.5) is 20.3 Å². The number of likely N-dealkylation sites (tertiary alicyclic amines) is 1. The van der Waals surface area contributed by atoms with Gasteiger partial charge in [0.15, 0.2) is 5.82 Å². The molecule has 4 aliphatic rings. The first kappa shape index (κ1) is 65.8. The number of hydrogen-bond donors (Lipinski definition) is 1. The fraction of sp³-hybridized carbons (Fsp3) is 0.522. The van der Waals surface area contributed by atoms with Crippen LogP contribution in [0.3, 0.4) is 0 Å². The number of hydrogen-bond acceptors (Lipinski definition) is 13. The minimum atomic E-state index is -0.664. The van der Waals surface area contributed by atoms with E-state index in [0.717, 1.165) is 100 Å². The van der Waals surface area contributed by atoms with Gasteiger partial charge in [-0.2, -0.15) is 9.97 Å². The van der Waals surface area contributed by atoms with E-state index in [1.54, 1.807) is 24.1 Å². The lowest BCUT2D eigenvalue weighted by Gasteiger charge is -2.33. The van der Waals surface area contributed by atoms with Gasteiger partial charge in [0.1, 0.15) is 46.4 Å². The number of methoxy groups -OCH3 is 2. The van der Waals surface area contributed by atoms with E-state index in [0.29, 0.717) is 70.6 Å². The van der Waals surface area contributed by atoms with E-state index < -0.39 is 5.82 Å². The van der Waals surface area contributed by atoms with Crippen molar-refractivity contribution in [2.75, 3.05) is 70.4 Å². The van der Waals surface area contributed by atoms with Crippen molar-refractivity contribution in [1.82, 2.24) is 24.8 Å². The molecule has 0 saturated carbocycles. The molecule has 10 rings (SSSR count). The number of benzene rings is 4. The molecule has 4 fully saturated rings. The van der Waals surface area contributed by atoms with Crippen LogP contribution in [0.2, 0.25) is 0 Å². The van der Waals surface area contributed by atoms with E-state index in [1.807, 2.05) is 73.0 Å². The molecule has 6 heterocycles. The van der Waals surface area contributed by atoms with Gasteiger partial charge in [0.2, 0.25) is 5.91 Å². The zero-order valence-electron chi connectivity index (χ0n) is 52.2. The van der Waals surface area contributed by atoms with Gasteiger partial charge in [0.25, 0.3) is 0 Å². The second-order valence-corrected chi connectivity index (χ2v) is 24.1. The highest BCUT2D eigenvalue weighted by atomic mass is 19.1. The third kappa shape index (κ3) is 16.8. The molecule has 14 nitrogen and oxygen atoms in total. The summed E-state index contributed by atoms with van der Waals surface area (Å²) in [5.74, 6) is 1.22. The van der Waals surface area contributed by atoms with E-state index in [9.17, 15) is 28.7 Å². The average molecular weight is 1170 g/mol. The highest BCUT2D eigenvalue weighted by Gasteiger charge is 2.36.